The van der Waals surface area contributed by atoms with Gasteiger partial charge in [0, 0.05) is 11.8 Å². The van der Waals surface area contributed by atoms with Crippen molar-refractivity contribution < 1.29 is 14.3 Å². The maximum absolute atomic E-state index is 12.2. The fourth-order valence-corrected chi connectivity index (χ4v) is 2.43. The number of anilines is 1. The lowest BCUT2D eigenvalue weighted by Gasteiger charge is -2.09. The summed E-state index contributed by atoms with van der Waals surface area (Å²) in [6, 6.07) is 12.7. The Bertz CT molecular complexity index is 938. The summed E-state index contributed by atoms with van der Waals surface area (Å²) in [7, 11) is 1.59. The number of rotatable bonds is 7. The predicted molar refractivity (Wildman–Crippen MR) is 101 cm³/mol. The molecule has 3 aromatic rings. The lowest BCUT2D eigenvalue weighted by atomic mass is 10.2. The van der Waals surface area contributed by atoms with Crippen molar-refractivity contribution in [2.24, 2.45) is 0 Å². The number of hydrogen-bond acceptors (Lipinski definition) is 6. The minimum atomic E-state index is -0.252. The van der Waals surface area contributed by atoms with Gasteiger partial charge in [-0.1, -0.05) is 12.1 Å². The average Bonchev–Trinajstić information content (AvgIpc) is 3.22. The molecule has 0 aliphatic rings. The zero-order chi connectivity index (χ0) is 19.1. The summed E-state index contributed by atoms with van der Waals surface area (Å²) >= 11 is 0. The maximum atomic E-state index is 12.2. The number of ether oxygens (including phenoxy) is 2. The normalized spacial score (nSPS) is 10.7. The summed E-state index contributed by atoms with van der Waals surface area (Å²) in [5.74, 6) is 1.03. The van der Waals surface area contributed by atoms with Gasteiger partial charge in [-0.2, -0.15) is 0 Å². The Balaban J connectivity index is 1.69. The molecule has 0 fully saturated rings. The second-order valence-electron chi connectivity index (χ2n) is 5.47. The standard InChI is InChI=1S/C19H19N5O3/c1-3-27-18-11-14(7-9-17(18)26-2)8-10-19(25)21-15-5-4-6-16(12-15)24-13-20-22-23-24/h4-13H,3H2,1-2H3,(H,21,25). The van der Waals surface area contributed by atoms with E-state index in [1.165, 1.54) is 17.1 Å². The monoisotopic (exact) mass is 365 g/mol. The van der Waals surface area contributed by atoms with Crippen LogP contribution in [0, 0.1) is 0 Å². The van der Waals surface area contributed by atoms with Crippen LogP contribution in [0.4, 0.5) is 5.69 Å². The van der Waals surface area contributed by atoms with Crippen molar-refractivity contribution in [1.29, 1.82) is 0 Å². The van der Waals surface area contributed by atoms with Crippen LogP contribution in [0.5, 0.6) is 11.5 Å². The molecule has 1 N–H and O–H groups in total. The predicted octanol–water partition coefficient (Wildman–Crippen LogP) is 2.72. The van der Waals surface area contributed by atoms with Crippen LogP contribution in [0.3, 0.4) is 0 Å². The molecule has 8 nitrogen and oxygen atoms in total. The topological polar surface area (TPSA) is 91.2 Å². The van der Waals surface area contributed by atoms with E-state index in [0.29, 0.717) is 23.8 Å². The quantitative estimate of drug-likeness (QED) is 0.648. The second-order valence-corrected chi connectivity index (χ2v) is 5.47. The first-order valence-electron chi connectivity index (χ1n) is 8.33. The van der Waals surface area contributed by atoms with Gasteiger partial charge < -0.3 is 14.8 Å². The van der Waals surface area contributed by atoms with Gasteiger partial charge in [-0.15, -0.1) is 5.10 Å². The SMILES string of the molecule is CCOc1cc(C=CC(=O)Nc2cccc(-n3cnnn3)c2)ccc1OC. The van der Waals surface area contributed by atoms with Gasteiger partial charge in [-0.05, 0) is 59.3 Å². The van der Waals surface area contributed by atoms with Crippen LogP contribution >= 0.6 is 0 Å². The molecule has 1 aromatic heterocycles. The number of amides is 1. The first kappa shape index (κ1) is 18.1. The number of benzene rings is 2. The van der Waals surface area contributed by atoms with E-state index in [9.17, 15) is 4.79 Å². The second kappa shape index (κ2) is 8.61. The van der Waals surface area contributed by atoms with Gasteiger partial charge in [0.25, 0.3) is 0 Å². The Morgan fingerprint density at radius 1 is 1.22 bits per heavy atom. The van der Waals surface area contributed by atoms with E-state index >= 15 is 0 Å². The number of aromatic nitrogens is 4. The van der Waals surface area contributed by atoms with Crippen molar-refractivity contribution in [2.45, 2.75) is 6.92 Å². The van der Waals surface area contributed by atoms with Crippen LogP contribution in [0.2, 0.25) is 0 Å². The van der Waals surface area contributed by atoms with Crippen molar-refractivity contribution in [3.05, 3.63) is 60.4 Å². The maximum Gasteiger partial charge on any atom is 0.248 e. The van der Waals surface area contributed by atoms with E-state index in [1.54, 1.807) is 31.4 Å². The van der Waals surface area contributed by atoms with Crippen LogP contribution < -0.4 is 14.8 Å². The summed E-state index contributed by atoms with van der Waals surface area (Å²) in [5.41, 5.74) is 2.22. The molecule has 8 heteroatoms. The molecule has 0 bridgehead atoms. The van der Waals surface area contributed by atoms with E-state index in [0.717, 1.165) is 11.3 Å². The van der Waals surface area contributed by atoms with Gasteiger partial charge in [0.05, 0.1) is 19.4 Å². The van der Waals surface area contributed by atoms with Crippen molar-refractivity contribution in [1.82, 2.24) is 20.2 Å². The van der Waals surface area contributed by atoms with Crippen molar-refractivity contribution >= 4 is 17.7 Å². The molecule has 27 heavy (non-hydrogen) atoms. The lowest BCUT2D eigenvalue weighted by Crippen LogP contribution is -2.08. The van der Waals surface area contributed by atoms with Gasteiger partial charge in [0.2, 0.25) is 5.91 Å². The lowest BCUT2D eigenvalue weighted by molar-refractivity contribution is -0.111. The number of carbonyl (C=O) groups is 1. The van der Waals surface area contributed by atoms with Crippen LogP contribution in [0.1, 0.15) is 12.5 Å². The van der Waals surface area contributed by atoms with E-state index < -0.39 is 0 Å². The molecular formula is C19H19N5O3. The minimum Gasteiger partial charge on any atom is -0.493 e. The molecule has 138 valence electrons. The van der Waals surface area contributed by atoms with E-state index in [1.807, 2.05) is 31.2 Å². The molecule has 1 heterocycles. The van der Waals surface area contributed by atoms with Crippen LogP contribution in [-0.2, 0) is 4.79 Å². The Morgan fingerprint density at radius 3 is 2.85 bits per heavy atom. The molecule has 0 spiro atoms. The van der Waals surface area contributed by atoms with E-state index in [2.05, 4.69) is 20.8 Å². The Kier molecular flexibility index (Phi) is 5.78. The molecule has 1 amide bonds. The molecule has 0 unspecified atom stereocenters. The van der Waals surface area contributed by atoms with Crippen LogP contribution in [0.25, 0.3) is 11.8 Å². The number of hydrogen-bond donors (Lipinski definition) is 1. The minimum absolute atomic E-state index is 0.252. The van der Waals surface area contributed by atoms with Gasteiger partial charge in [-0.25, -0.2) is 4.68 Å². The van der Waals surface area contributed by atoms with Crippen molar-refractivity contribution in [3.63, 3.8) is 0 Å². The number of methoxy groups -OCH3 is 1. The van der Waals surface area contributed by atoms with Crippen molar-refractivity contribution in [2.75, 3.05) is 19.0 Å². The number of nitrogens with one attached hydrogen (secondary N) is 1. The molecule has 0 aliphatic carbocycles. The molecular weight excluding hydrogens is 346 g/mol. The van der Waals surface area contributed by atoms with Crippen LogP contribution in [-0.4, -0.2) is 39.8 Å². The molecule has 0 aliphatic heterocycles. The highest BCUT2D eigenvalue weighted by Crippen LogP contribution is 2.28. The summed E-state index contributed by atoms with van der Waals surface area (Å²) in [6.45, 7) is 2.43. The smallest absolute Gasteiger partial charge is 0.248 e. The summed E-state index contributed by atoms with van der Waals surface area (Å²) in [5, 5.41) is 13.8. The number of carbonyl (C=O) groups excluding carboxylic acids is 1. The number of tetrazole rings is 1. The third-order valence-corrected chi connectivity index (χ3v) is 3.64. The Labute approximate surface area is 156 Å². The first-order valence-corrected chi connectivity index (χ1v) is 8.33. The van der Waals surface area contributed by atoms with Crippen molar-refractivity contribution in [3.8, 4) is 17.2 Å². The Hall–Kier alpha value is -3.68. The third-order valence-electron chi connectivity index (χ3n) is 3.64. The molecule has 0 saturated heterocycles. The summed E-state index contributed by atoms with van der Waals surface area (Å²) < 4.78 is 12.3. The third kappa shape index (κ3) is 4.69. The molecule has 0 radical (unpaired) electrons. The first-order chi connectivity index (χ1) is 13.2. The molecule has 0 saturated carbocycles. The summed E-state index contributed by atoms with van der Waals surface area (Å²) in [4.78, 5) is 12.2. The average molecular weight is 365 g/mol. The number of nitrogens with zero attached hydrogens (tertiary/aromatic N) is 4. The van der Waals surface area contributed by atoms with Gasteiger partial charge >= 0.3 is 0 Å². The van der Waals surface area contributed by atoms with Crippen LogP contribution in [0.15, 0.2) is 54.9 Å². The highest BCUT2D eigenvalue weighted by molar-refractivity contribution is 6.02. The van der Waals surface area contributed by atoms with Gasteiger partial charge in [-0.3, -0.25) is 4.79 Å². The van der Waals surface area contributed by atoms with E-state index in [4.69, 9.17) is 9.47 Å². The van der Waals surface area contributed by atoms with Gasteiger partial charge in [0.1, 0.15) is 6.33 Å². The highest BCUT2D eigenvalue weighted by Gasteiger charge is 2.05. The highest BCUT2D eigenvalue weighted by atomic mass is 16.5. The van der Waals surface area contributed by atoms with E-state index in [-0.39, 0.29) is 5.91 Å². The molecule has 0 atom stereocenters. The fraction of sp³-hybridized carbons (Fsp3) is 0.158. The molecule has 2 aromatic carbocycles. The Morgan fingerprint density at radius 2 is 2.11 bits per heavy atom. The van der Waals surface area contributed by atoms with Gasteiger partial charge in [0.15, 0.2) is 11.5 Å². The zero-order valence-corrected chi connectivity index (χ0v) is 15.0. The molecule has 3 rings (SSSR count). The largest absolute Gasteiger partial charge is 0.493 e. The fourth-order valence-electron chi connectivity index (χ4n) is 2.43. The summed E-state index contributed by atoms with van der Waals surface area (Å²) in [6.07, 6.45) is 4.66. The zero-order valence-electron chi connectivity index (χ0n) is 15.0.